The third-order valence-corrected chi connectivity index (χ3v) is 4.34. The highest BCUT2D eigenvalue weighted by Crippen LogP contribution is 2.25. The van der Waals surface area contributed by atoms with Gasteiger partial charge in [0.05, 0.1) is 30.5 Å². The van der Waals surface area contributed by atoms with Crippen molar-refractivity contribution in [3.05, 3.63) is 87.3 Å². The second-order valence-electron chi connectivity index (χ2n) is 5.76. The summed E-state index contributed by atoms with van der Waals surface area (Å²) < 4.78 is 8.67. The van der Waals surface area contributed by atoms with Gasteiger partial charge in [0.25, 0.3) is 0 Å². The first-order valence-electron chi connectivity index (χ1n) is 7.80. The third kappa shape index (κ3) is 2.24. The maximum absolute atomic E-state index is 12.9. The molecule has 2 aliphatic heterocycles. The maximum Gasteiger partial charge on any atom is 0.352 e. The van der Waals surface area contributed by atoms with Crippen LogP contribution in [0, 0.1) is 0 Å². The molecule has 0 saturated heterocycles. The Morgan fingerprint density at radius 2 is 1.60 bits per heavy atom. The van der Waals surface area contributed by atoms with Crippen LogP contribution in [-0.2, 0) is 9.53 Å². The van der Waals surface area contributed by atoms with Crippen molar-refractivity contribution in [1.29, 1.82) is 0 Å². The molecule has 5 rings (SSSR count). The molecular formula is C18H15N3O4. The first kappa shape index (κ1) is 15.2. The zero-order valence-corrected chi connectivity index (χ0v) is 13.4. The average Bonchev–Trinajstić information content (AvgIpc) is 2.87. The number of carbonyl (C=O) groups excluding carboxylic acids is 1. The zero-order valence-electron chi connectivity index (χ0n) is 13.4. The molecule has 25 heavy (non-hydrogen) atoms. The van der Waals surface area contributed by atoms with E-state index in [9.17, 15) is 14.4 Å². The van der Waals surface area contributed by atoms with Crippen molar-refractivity contribution in [2.24, 2.45) is 0 Å². The standard InChI is InChI=1S/C18H15N3O4/c1-25-16(22)12-7-8-14-9-10-15(11-12)21-18(24)19(17(23)20(14)21)13-5-3-2-4-6-13/h2-11,14-15H,1H3/b8-7-,12-11+. The van der Waals surface area contributed by atoms with Gasteiger partial charge in [0, 0.05) is 0 Å². The Balaban J connectivity index is 1.97. The minimum atomic E-state index is -0.541. The van der Waals surface area contributed by atoms with Crippen LogP contribution in [0.5, 0.6) is 0 Å². The molecule has 1 aromatic carbocycles. The molecule has 1 aliphatic carbocycles. The molecule has 2 unspecified atom stereocenters. The summed E-state index contributed by atoms with van der Waals surface area (Å²) in [6.07, 6.45) is 8.56. The Kier molecular flexibility index (Phi) is 3.42. The Morgan fingerprint density at radius 1 is 0.960 bits per heavy atom. The molecule has 0 amide bonds. The Morgan fingerprint density at radius 3 is 2.28 bits per heavy atom. The predicted molar refractivity (Wildman–Crippen MR) is 90.7 cm³/mol. The molecule has 2 bridgehead atoms. The lowest BCUT2D eigenvalue weighted by molar-refractivity contribution is -0.135. The van der Waals surface area contributed by atoms with Crippen LogP contribution in [0.3, 0.4) is 0 Å². The number of benzene rings is 1. The number of hydrogen-bond acceptors (Lipinski definition) is 4. The largest absolute Gasteiger partial charge is 0.465 e. The summed E-state index contributed by atoms with van der Waals surface area (Å²) in [4.78, 5) is 37.7. The highest BCUT2D eigenvalue weighted by Gasteiger charge is 2.29. The summed E-state index contributed by atoms with van der Waals surface area (Å²) in [6, 6.07) is 7.77. The molecule has 7 nitrogen and oxygen atoms in total. The van der Waals surface area contributed by atoms with Gasteiger partial charge < -0.3 is 4.74 Å². The minimum Gasteiger partial charge on any atom is -0.465 e. The van der Waals surface area contributed by atoms with Crippen molar-refractivity contribution in [3.63, 3.8) is 0 Å². The fraction of sp³-hybridized carbons (Fsp3) is 0.167. The number of fused-ring (bicyclic) bond motifs is 1. The summed E-state index contributed by atoms with van der Waals surface area (Å²) >= 11 is 0. The van der Waals surface area contributed by atoms with Crippen molar-refractivity contribution in [2.75, 3.05) is 7.11 Å². The first-order valence-corrected chi connectivity index (χ1v) is 7.80. The van der Waals surface area contributed by atoms with E-state index in [1.165, 1.54) is 16.5 Å². The van der Waals surface area contributed by atoms with Gasteiger partial charge in [0.15, 0.2) is 0 Å². The summed E-state index contributed by atoms with van der Waals surface area (Å²) in [5.74, 6) is -0.485. The summed E-state index contributed by atoms with van der Waals surface area (Å²) in [5.41, 5.74) is -0.0221. The smallest absolute Gasteiger partial charge is 0.352 e. The molecule has 1 aromatic heterocycles. The molecule has 0 saturated carbocycles. The minimum absolute atomic E-state index is 0.347. The number of methoxy groups -OCH3 is 1. The van der Waals surface area contributed by atoms with Crippen LogP contribution < -0.4 is 11.4 Å². The fourth-order valence-corrected chi connectivity index (χ4v) is 3.17. The van der Waals surface area contributed by atoms with Crippen LogP contribution >= 0.6 is 0 Å². The zero-order chi connectivity index (χ0) is 17.6. The van der Waals surface area contributed by atoms with Crippen molar-refractivity contribution in [2.45, 2.75) is 12.1 Å². The number of nitrogens with zero attached hydrogens (tertiary/aromatic N) is 3. The van der Waals surface area contributed by atoms with Gasteiger partial charge in [-0.1, -0.05) is 36.4 Å². The number of aromatic nitrogens is 3. The van der Waals surface area contributed by atoms with Gasteiger partial charge in [-0.05, 0) is 24.3 Å². The number of rotatable bonds is 2. The van der Waals surface area contributed by atoms with Crippen molar-refractivity contribution < 1.29 is 9.53 Å². The van der Waals surface area contributed by atoms with E-state index in [2.05, 4.69) is 0 Å². The predicted octanol–water partition coefficient (Wildman–Crippen LogP) is 1.12. The second kappa shape index (κ2) is 5.62. The maximum atomic E-state index is 12.9. The van der Waals surface area contributed by atoms with E-state index in [-0.39, 0.29) is 0 Å². The number of hydrogen-bond donors (Lipinski definition) is 0. The van der Waals surface area contributed by atoms with E-state index in [1.807, 2.05) is 12.1 Å². The summed E-state index contributed by atoms with van der Waals surface area (Å²) in [5, 5.41) is 0. The normalized spacial score (nSPS) is 24.0. The quantitative estimate of drug-likeness (QED) is 0.608. The Bertz CT molecular complexity index is 1050. The van der Waals surface area contributed by atoms with Gasteiger partial charge in [-0.25, -0.2) is 28.3 Å². The highest BCUT2D eigenvalue weighted by molar-refractivity contribution is 5.91. The molecular weight excluding hydrogens is 322 g/mol. The summed E-state index contributed by atoms with van der Waals surface area (Å²) in [7, 11) is 1.30. The van der Waals surface area contributed by atoms with E-state index >= 15 is 0 Å². The van der Waals surface area contributed by atoms with Crippen LogP contribution in [0.1, 0.15) is 12.1 Å². The molecule has 2 aromatic rings. The lowest BCUT2D eigenvalue weighted by Crippen LogP contribution is -2.35. The van der Waals surface area contributed by atoms with Crippen LogP contribution in [-0.4, -0.2) is 27.0 Å². The molecule has 0 fully saturated rings. The Labute approximate surface area is 142 Å². The van der Waals surface area contributed by atoms with E-state index in [1.54, 1.807) is 48.6 Å². The van der Waals surface area contributed by atoms with Crippen LogP contribution in [0.25, 0.3) is 5.69 Å². The lowest BCUT2D eigenvalue weighted by atomic mass is 10.0. The molecule has 0 spiro atoms. The van der Waals surface area contributed by atoms with Crippen molar-refractivity contribution in [3.8, 4) is 5.69 Å². The monoisotopic (exact) mass is 337 g/mol. The number of carbonyl (C=O) groups is 1. The SMILES string of the molecule is COC(=O)C1=C/C2C=CC(/C=C\1)n1c(=O)n(-c3ccccc3)c(=O)n12. The van der Waals surface area contributed by atoms with E-state index in [4.69, 9.17) is 4.74 Å². The third-order valence-electron chi connectivity index (χ3n) is 4.34. The van der Waals surface area contributed by atoms with E-state index in [0.717, 1.165) is 4.57 Å². The molecule has 0 N–H and O–H groups in total. The molecule has 2 atom stereocenters. The molecule has 3 heterocycles. The topological polar surface area (TPSA) is 75.2 Å². The number of esters is 1. The molecule has 3 aliphatic rings. The van der Waals surface area contributed by atoms with Gasteiger partial charge in [0.1, 0.15) is 0 Å². The van der Waals surface area contributed by atoms with Crippen LogP contribution in [0.2, 0.25) is 0 Å². The fourth-order valence-electron chi connectivity index (χ4n) is 3.17. The van der Waals surface area contributed by atoms with E-state index < -0.39 is 29.4 Å². The number of para-hydroxylation sites is 1. The lowest BCUT2D eigenvalue weighted by Gasteiger charge is -2.25. The highest BCUT2D eigenvalue weighted by atomic mass is 16.5. The van der Waals surface area contributed by atoms with Gasteiger partial charge in [-0.15, -0.1) is 0 Å². The molecule has 0 radical (unpaired) electrons. The average molecular weight is 337 g/mol. The van der Waals surface area contributed by atoms with Crippen LogP contribution in [0.4, 0.5) is 0 Å². The van der Waals surface area contributed by atoms with Gasteiger partial charge in [-0.2, -0.15) is 0 Å². The van der Waals surface area contributed by atoms with Crippen molar-refractivity contribution in [1.82, 2.24) is 13.9 Å². The number of allylic oxidation sites excluding steroid dienone is 4. The summed E-state index contributed by atoms with van der Waals surface area (Å²) in [6.45, 7) is 0. The number of ether oxygens (including phenoxy) is 1. The van der Waals surface area contributed by atoms with Gasteiger partial charge in [-0.3, -0.25) is 0 Å². The van der Waals surface area contributed by atoms with E-state index in [0.29, 0.717) is 11.3 Å². The van der Waals surface area contributed by atoms with Gasteiger partial charge >= 0.3 is 17.3 Å². The second-order valence-corrected chi connectivity index (χ2v) is 5.76. The van der Waals surface area contributed by atoms with Crippen molar-refractivity contribution >= 4 is 5.97 Å². The first-order chi connectivity index (χ1) is 12.1. The Hall–Kier alpha value is -3.35. The van der Waals surface area contributed by atoms with Crippen LogP contribution in [0.15, 0.2) is 75.9 Å². The molecule has 7 heteroatoms. The van der Waals surface area contributed by atoms with Gasteiger partial charge in [0.2, 0.25) is 0 Å². The molecule has 126 valence electrons.